The minimum absolute atomic E-state index is 0.446. The van der Waals surface area contributed by atoms with Crippen LogP contribution in [0.1, 0.15) is 20.8 Å². The Hall–Kier alpha value is -7.68. The van der Waals surface area contributed by atoms with Crippen molar-refractivity contribution < 1.29 is 0 Å². The van der Waals surface area contributed by atoms with Gasteiger partial charge in [0.05, 0.1) is 0 Å². The third-order valence-corrected chi connectivity index (χ3v) is 23.3. The molecule has 0 aliphatic heterocycles. The van der Waals surface area contributed by atoms with Gasteiger partial charge in [0.2, 0.25) is 0 Å². The second-order valence-electron chi connectivity index (χ2n) is 19.0. The summed E-state index contributed by atoms with van der Waals surface area (Å²) in [6.45, 7) is 10.1. The molecule has 0 aliphatic rings. The Morgan fingerprint density at radius 2 is 0.241 bits per heavy atom. The van der Waals surface area contributed by atoms with Crippen LogP contribution in [0.5, 0.6) is 0 Å². The second kappa shape index (κ2) is 35.3. The van der Waals surface area contributed by atoms with Crippen LogP contribution < -0.4 is 63.7 Å². The molecular formula is C78H75NP4. The molecule has 0 spiro atoms. The summed E-state index contributed by atoms with van der Waals surface area (Å²) in [6.07, 6.45) is 0. The average molecular weight is 1150 g/mol. The largest absolute Gasteiger partial charge is 0.304 e. The Balaban J connectivity index is 0.000000139. The zero-order valence-corrected chi connectivity index (χ0v) is 51.6. The Kier molecular flexibility index (Phi) is 26.1. The van der Waals surface area contributed by atoms with E-state index in [1.54, 1.807) is 0 Å². The van der Waals surface area contributed by atoms with E-state index in [-0.39, 0.29) is 0 Å². The molecule has 0 saturated heterocycles. The van der Waals surface area contributed by atoms with Crippen LogP contribution in [0, 0.1) is 0 Å². The van der Waals surface area contributed by atoms with Gasteiger partial charge in [-0.25, -0.2) is 0 Å². The van der Waals surface area contributed by atoms with E-state index in [4.69, 9.17) is 0 Å². The van der Waals surface area contributed by atoms with Crippen LogP contribution in [0.2, 0.25) is 0 Å². The van der Waals surface area contributed by atoms with E-state index in [1.165, 1.54) is 83.3 Å². The van der Waals surface area contributed by atoms with Gasteiger partial charge in [0.25, 0.3) is 0 Å². The number of benzene rings is 12. The van der Waals surface area contributed by atoms with Crippen molar-refractivity contribution in [1.82, 2.24) is 4.90 Å². The molecule has 12 aromatic rings. The Morgan fingerprint density at radius 3 is 0.301 bits per heavy atom. The maximum Gasteiger partial charge on any atom is -0.00474 e. The monoisotopic (exact) mass is 1150 g/mol. The molecule has 12 aromatic carbocycles. The molecule has 0 heterocycles. The number of rotatable bonds is 15. The van der Waals surface area contributed by atoms with Crippen molar-refractivity contribution in [2.45, 2.75) is 20.8 Å². The fourth-order valence-electron chi connectivity index (χ4n) is 9.38. The van der Waals surface area contributed by atoms with Crippen molar-refractivity contribution in [3.63, 3.8) is 0 Å². The van der Waals surface area contributed by atoms with E-state index in [2.05, 4.69) is 390 Å². The molecule has 0 fully saturated rings. The maximum atomic E-state index is 2.38. The number of hydrogen-bond donors (Lipinski definition) is 0. The van der Waals surface area contributed by atoms with Gasteiger partial charge in [0.1, 0.15) is 0 Å². The zero-order valence-electron chi connectivity index (χ0n) is 48.0. The van der Waals surface area contributed by atoms with Gasteiger partial charge in [-0.1, -0.05) is 385 Å². The van der Waals surface area contributed by atoms with Crippen LogP contribution in [-0.2, 0) is 0 Å². The van der Waals surface area contributed by atoms with Crippen LogP contribution in [0.15, 0.2) is 364 Å². The predicted molar refractivity (Wildman–Crippen MR) is 374 cm³/mol. The molecule has 0 unspecified atom stereocenters. The van der Waals surface area contributed by atoms with E-state index in [0.29, 0.717) is 0 Å². The van der Waals surface area contributed by atoms with Crippen LogP contribution in [0.25, 0.3) is 0 Å². The molecule has 5 heteroatoms. The summed E-state index contributed by atoms with van der Waals surface area (Å²) in [5.74, 6) is 0. The molecule has 0 bridgehead atoms. The smallest absolute Gasteiger partial charge is 0.00474 e. The highest BCUT2D eigenvalue weighted by Gasteiger charge is 2.18. The molecule has 83 heavy (non-hydrogen) atoms. The number of nitrogens with zero attached hydrogens (tertiary/aromatic N) is 1. The topological polar surface area (TPSA) is 3.24 Å². The highest BCUT2D eigenvalue weighted by atomic mass is 31.1. The average Bonchev–Trinajstić information content (AvgIpc) is 3.71. The standard InChI is InChI=1S/4C18H15P.C6H15N/c4*1-4-10-16(11-5-1)19(17-12-6-2-7-13-17)18-14-8-3-9-15-18;1-4-7(5-2)6-3/h4*1-15H;4-6H2,1-3H3. The van der Waals surface area contributed by atoms with Crippen molar-refractivity contribution >= 4 is 95.3 Å². The summed E-state index contributed by atoms with van der Waals surface area (Å²) in [5, 5.41) is 16.8. The zero-order chi connectivity index (χ0) is 57.4. The molecule has 0 atom stereocenters. The molecular weight excluding hydrogens is 1070 g/mol. The first-order valence-corrected chi connectivity index (χ1v) is 34.0. The lowest BCUT2D eigenvalue weighted by Gasteiger charge is -2.18. The van der Waals surface area contributed by atoms with Gasteiger partial charge in [0, 0.05) is 0 Å². The first-order valence-electron chi connectivity index (χ1n) is 28.7. The van der Waals surface area contributed by atoms with Gasteiger partial charge in [-0.3, -0.25) is 0 Å². The van der Waals surface area contributed by atoms with E-state index in [1.807, 2.05) is 0 Å². The summed E-state index contributed by atoms with van der Waals surface area (Å²) in [6, 6.07) is 129. The minimum atomic E-state index is -0.446. The highest BCUT2D eigenvalue weighted by Crippen LogP contribution is 2.35. The van der Waals surface area contributed by atoms with Gasteiger partial charge in [-0.05, 0) is 115 Å². The molecule has 0 N–H and O–H groups in total. The van der Waals surface area contributed by atoms with Crippen LogP contribution in [0.3, 0.4) is 0 Å². The van der Waals surface area contributed by atoms with Crippen LogP contribution in [0.4, 0.5) is 0 Å². The summed E-state index contributed by atoms with van der Waals surface area (Å²) in [5.41, 5.74) is 0. The lowest BCUT2D eigenvalue weighted by Crippen LogP contribution is -2.21. The van der Waals surface area contributed by atoms with Gasteiger partial charge in [-0.15, -0.1) is 0 Å². The Bertz CT molecular complexity index is 2680. The quantitative estimate of drug-likeness (QED) is 0.0925. The maximum absolute atomic E-state index is 2.38. The molecule has 12 rings (SSSR count). The first kappa shape index (κ1) is 61.4. The fraction of sp³-hybridized carbons (Fsp3) is 0.0769. The summed E-state index contributed by atoms with van der Waals surface area (Å²) < 4.78 is 0. The molecule has 1 nitrogen and oxygen atoms in total. The van der Waals surface area contributed by atoms with Crippen LogP contribution >= 0.6 is 31.7 Å². The predicted octanol–water partition coefficient (Wildman–Crippen LogP) is 15.1. The summed E-state index contributed by atoms with van der Waals surface area (Å²) >= 11 is 0. The van der Waals surface area contributed by atoms with Crippen molar-refractivity contribution in [3.8, 4) is 0 Å². The molecule has 0 aromatic heterocycles. The molecule has 0 saturated carbocycles. The summed E-state index contributed by atoms with van der Waals surface area (Å²) in [4.78, 5) is 2.38. The lowest BCUT2D eigenvalue weighted by atomic mass is 10.4. The van der Waals surface area contributed by atoms with E-state index >= 15 is 0 Å². The fourth-order valence-corrected chi connectivity index (χ4v) is 18.6. The van der Waals surface area contributed by atoms with Crippen molar-refractivity contribution in [2.24, 2.45) is 0 Å². The van der Waals surface area contributed by atoms with Gasteiger partial charge in [-0.2, -0.15) is 0 Å². The normalized spacial score (nSPS) is 10.6. The third-order valence-electron chi connectivity index (χ3n) is 13.5. The molecule has 0 aliphatic carbocycles. The van der Waals surface area contributed by atoms with E-state index < -0.39 is 31.7 Å². The molecule has 0 amide bonds. The van der Waals surface area contributed by atoms with Gasteiger partial charge in [0.15, 0.2) is 0 Å². The van der Waals surface area contributed by atoms with Crippen molar-refractivity contribution in [1.29, 1.82) is 0 Å². The SMILES string of the molecule is CCN(CC)CC.c1ccc(P(c2ccccc2)c2ccccc2)cc1.c1ccc(P(c2ccccc2)c2ccccc2)cc1.c1ccc(P(c2ccccc2)c2ccccc2)cc1.c1ccc(P(c2ccccc2)c2ccccc2)cc1. The Morgan fingerprint density at radius 1 is 0.157 bits per heavy atom. The van der Waals surface area contributed by atoms with Gasteiger partial charge >= 0.3 is 0 Å². The van der Waals surface area contributed by atoms with Crippen molar-refractivity contribution in [2.75, 3.05) is 19.6 Å². The van der Waals surface area contributed by atoms with E-state index in [0.717, 1.165) is 0 Å². The Labute approximate surface area is 501 Å². The number of hydrogen-bond acceptors (Lipinski definition) is 1. The molecule has 412 valence electrons. The first-order chi connectivity index (χ1) is 41.1. The highest BCUT2D eigenvalue weighted by molar-refractivity contribution is 7.81. The minimum Gasteiger partial charge on any atom is -0.304 e. The van der Waals surface area contributed by atoms with Crippen LogP contribution in [-0.4, -0.2) is 24.5 Å². The van der Waals surface area contributed by atoms with Crippen molar-refractivity contribution in [3.05, 3.63) is 364 Å². The second-order valence-corrected chi connectivity index (χ2v) is 27.9. The van der Waals surface area contributed by atoms with Gasteiger partial charge < -0.3 is 4.90 Å². The van der Waals surface area contributed by atoms with E-state index in [9.17, 15) is 0 Å². The molecule has 0 radical (unpaired) electrons. The lowest BCUT2D eigenvalue weighted by molar-refractivity contribution is 0.321. The third kappa shape index (κ3) is 19.2. The summed E-state index contributed by atoms with van der Waals surface area (Å²) in [7, 11) is -1.78.